The van der Waals surface area contributed by atoms with Gasteiger partial charge in [-0.1, -0.05) is 72.2 Å². The number of rotatable bonds is 12. The summed E-state index contributed by atoms with van der Waals surface area (Å²) in [5, 5.41) is 13.5. The lowest BCUT2D eigenvalue weighted by atomic mass is 9.76. The molecule has 14 heteroatoms. The van der Waals surface area contributed by atoms with Crippen molar-refractivity contribution in [2.24, 2.45) is 0 Å². The fourth-order valence-electron chi connectivity index (χ4n) is 3.98. The number of nitrogens with one attached hydrogen (secondary N) is 2. The third-order valence-electron chi connectivity index (χ3n) is 7.81. The Kier molecular flexibility index (Phi) is 10.9. The van der Waals surface area contributed by atoms with Crippen molar-refractivity contribution in [2.75, 3.05) is 10.6 Å². The zero-order valence-corrected chi connectivity index (χ0v) is 26.0. The number of amides is 2. The Balaban J connectivity index is 2.41. The number of alkyl halides is 7. The first-order valence-corrected chi connectivity index (χ1v) is 14.1. The van der Waals surface area contributed by atoms with Crippen LogP contribution in [0.1, 0.15) is 78.9 Å². The zero-order valence-electron chi connectivity index (χ0n) is 25.3. The molecule has 0 heterocycles. The molecule has 0 saturated heterocycles. The molecule has 0 bridgehead atoms. The number of halogens is 8. The molecule has 0 aliphatic rings. The van der Waals surface area contributed by atoms with E-state index in [1.807, 2.05) is 32.9 Å². The number of anilines is 2. The van der Waals surface area contributed by atoms with Crippen molar-refractivity contribution < 1.29 is 50.2 Å². The maximum Gasteiger partial charge on any atom is 0.460 e. The number of carbonyl (C=O) groups is 2. The van der Waals surface area contributed by atoms with Crippen molar-refractivity contribution in [3.8, 4) is 11.5 Å². The van der Waals surface area contributed by atoms with Gasteiger partial charge in [0.25, 0.3) is 5.91 Å². The average Bonchev–Trinajstić information content (AvgIpc) is 2.93. The van der Waals surface area contributed by atoms with E-state index in [9.17, 15) is 45.4 Å². The molecule has 6 nitrogen and oxygen atoms in total. The first-order valence-electron chi connectivity index (χ1n) is 13.8. The van der Waals surface area contributed by atoms with Gasteiger partial charge in [0.2, 0.25) is 0 Å². The van der Waals surface area contributed by atoms with Gasteiger partial charge < -0.3 is 20.5 Å². The first kappa shape index (κ1) is 37.0. The van der Waals surface area contributed by atoms with Gasteiger partial charge in [-0.25, -0.2) is 0 Å². The highest BCUT2D eigenvalue weighted by Gasteiger charge is 2.76. The van der Waals surface area contributed by atoms with E-state index in [1.54, 1.807) is 13.0 Å². The highest BCUT2D eigenvalue weighted by molar-refractivity contribution is 6.31. The van der Waals surface area contributed by atoms with Crippen LogP contribution in [0.2, 0.25) is 5.02 Å². The van der Waals surface area contributed by atoms with Gasteiger partial charge in [-0.15, -0.1) is 0 Å². The number of hydrogen-bond acceptors (Lipinski definition) is 4. The zero-order chi connectivity index (χ0) is 34.1. The van der Waals surface area contributed by atoms with Crippen LogP contribution in [-0.4, -0.2) is 41.0 Å². The van der Waals surface area contributed by atoms with Crippen LogP contribution in [0, 0.1) is 0 Å². The normalized spacial score (nSPS) is 13.8. The second-order valence-corrected chi connectivity index (χ2v) is 12.1. The number of carbonyl (C=O) groups excluding carboxylic acids is 2. The molecule has 246 valence electrons. The van der Waals surface area contributed by atoms with E-state index in [2.05, 4.69) is 26.1 Å². The second kappa shape index (κ2) is 13.0. The van der Waals surface area contributed by atoms with Crippen molar-refractivity contribution in [3.05, 3.63) is 46.5 Å². The molecule has 0 aliphatic carbocycles. The molecule has 0 radical (unpaired) electrons. The maximum absolute atomic E-state index is 13.8. The molecule has 0 spiro atoms. The van der Waals surface area contributed by atoms with Gasteiger partial charge in [-0.2, -0.15) is 30.7 Å². The maximum atomic E-state index is 13.8. The summed E-state index contributed by atoms with van der Waals surface area (Å²) in [6.07, 6.45) is -6.20. The lowest BCUT2D eigenvalue weighted by molar-refractivity contribution is -0.343. The predicted octanol–water partition coefficient (Wildman–Crippen LogP) is 8.99. The largest absolute Gasteiger partial charge is 0.504 e. The van der Waals surface area contributed by atoms with Crippen LogP contribution in [0.4, 0.5) is 42.1 Å². The number of aromatic hydroxyl groups is 1. The minimum atomic E-state index is -6.75. The second-order valence-electron chi connectivity index (χ2n) is 11.6. The summed E-state index contributed by atoms with van der Waals surface area (Å²) in [5.74, 6) is -17.6. The molecule has 2 aromatic rings. The minimum Gasteiger partial charge on any atom is -0.504 e. The quantitative estimate of drug-likeness (QED) is 0.157. The van der Waals surface area contributed by atoms with Crippen LogP contribution in [0.3, 0.4) is 0 Å². The molecular weight excluding hydrogens is 621 g/mol. The predicted molar refractivity (Wildman–Crippen MR) is 154 cm³/mol. The first-order chi connectivity index (χ1) is 20.0. The van der Waals surface area contributed by atoms with Gasteiger partial charge in [0.05, 0.1) is 11.4 Å². The van der Waals surface area contributed by atoms with Gasteiger partial charge in [0.15, 0.2) is 11.9 Å². The van der Waals surface area contributed by atoms with Gasteiger partial charge >= 0.3 is 23.9 Å². The Morgan fingerprint density at radius 1 is 0.864 bits per heavy atom. The Bertz CT molecular complexity index is 1380. The fraction of sp³-hybridized carbons (Fsp3) is 0.533. The third-order valence-corrected chi connectivity index (χ3v) is 8.02. The van der Waals surface area contributed by atoms with E-state index >= 15 is 0 Å². The molecule has 1 unspecified atom stereocenters. The average molecular weight is 657 g/mol. The van der Waals surface area contributed by atoms with E-state index in [0.717, 1.165) is 35.4 Å². The third kappa shape index (κ3) is 7.52. The number of benzene rings is 2. The van der Waals surface area contributed by atoms with E-state index < -0.39 is 58.1 Å². The topological polar surface area (TPSA) is 87.7 Å². The lowest BCUT2D eigenvalue weighted by Gasteiger charge is -2.31. The molecule has 3 N–H and O–H groups in total. The van der Waals surface area contributed by atoms with E-state index in [-0.39, 0.29) is 17.3 Å². The smallest absolute Gasteiger partial charge is 0.460 e. The number of phenolic OH excluding ortho intramolecular Hbond substituents is 1. The molecule has 0 aliphatic heterocycles. The fourth-order valence-corrected chi connectivity index (χ4v) is 4.20. The van der Waals surface area contributed by atoms with Crippen LogP contribution in [0.5, 0.6) is 11.5 Å². The van der Waals surface area contributed by atoms with E-state index in [4.69, 9.17) is 16.3 Å². The lowest BCUT2D eigenvalue weighted by Crippen LogP contribution is -2.57. The summed E-state index contributed by atoms with van der Waals surface area (Å²) in [6, 6.07) is 7.26. The van der Waals surface area contributed by atoms with E-state index in [1.165, 1.54) is 0 Å². The molecule has 1 atom stereocenters. The van der Waals surface area contributed by atoms with Crippen molar-refractivity contribution in [1.82, 2.24) is 0 Å². The molecule has 0 aromatic heterocycles. The van der Waals surface area contributed by atoms with Gasteiger partial charge in [0.1, 0.15) is 5.75 Å². The van der Waals surface area contributed by atoms with E-state index in [0.29, 0.717) is 11.8 Å². The van der Waals surface area contributed by atoms with Gasteiger partial charge in [0, 0.05) is 10.6 Å². The Morgan fingerprint density at radius 3 is 1.86 bits per heavy atom. The van der Waals surface area contributed by atoms with Crippen LogP contribution in [0.15, 0.2) is 30.3 Å². The molecular formula is C30H36ClF7N2O4. The molecule has 2 aromatic carbocycles. The van der Waals surface area contributed by atoms with Crippen LogP contribution < -0.4 is 15.4 Å². The summed E-state index contributed by atoms with van der Waals surface area (Å²) in [7, 11) is 0. The van der Waals surface area contributed by atoms with Crippen molar-refractivity contribution >= 4 is 34.8 Å². The number of hydrogen-bond donors (Lipinski definition) is 3. The summed E-state index contributed by atoms with van der Waals surface area (Å²) in [5.41, 5.74) is -0.184. The van der Waals surface area contributed by atoms with Crippen LogP contribution >= 0.6 is 11.6 Å². The Hall–Kier alpha value is -3.22. The van der Waals surface area contributed by atoms with Crippen molar-refractivity contribution in [3.63, 3.8) is 0 Å². The van der Waals surface area contributed by atoms with Crippen molar-refractivity contribution in [1.29, 1.82) is 0 Å². The number of phenols is 1. The van der Waals surface area contributed by atoms with Crippen LogP contribution in [-0.2, 0) is 20.4 Å². The monoisotopic (exact) mass is 656 g/mol. The summed E-state index contributed by atoms with van der Waals surface area (Å²) in [6.45, 7) is 14.0. The molecule has 2 amide bonds. The standard InChI is InChI=1S/C30H36ClF7N2O4/c1-8-21(44-22-12-11-16(26(4,5)9-2)13-18(22)27(6,7)10-3)24(42)39-19-14-17(31)15-20(23(19)41)40-25(43)28(32,33)29(34,35)30(36,37)38/h11-15,21,41H,8-10H2,1-7H3,(H,39,42)(H,40,43). The molecule has 44 heavy (non-hydrogen) atoms. The minimum absolute atomic E-state index is 0.115. The summed E-state index contributed by atoms with van der Waals surface area (Å²) < 4.78 is 98.0. The number of ether oxygens (including phenoxy) is 1. The Morgan fingerprint density at radius 2 is 1.39 bits per heavy atom. The molecule has 2 rings (SSSR count). The van der Waals surface area contributed by atoms with Crippen LogP contribution in [0.25, 0.3) is 0 Å². The molecule has 0 saturated carbocycles. The van der Waals surface area contributed by atoms with Crippen molar-refractivity contribution in [2.45, 2.75) is 103 Å². The summed E-state index contributed by atoms with van der Waals surface area (Å²) in [4.78, 5) is 25.0. The highest BCUT2D eigenvalue weighted by atomic mass is 35.5. The highest BCUT2D eigenvalue weighted by Crippen LogP contribution is 2.47. The van der Waals surface area contributed by atoms with Gasteiger partial charge in [-0.3, -0.25) is 9.59 Å². The molecule has 0 fully saturated rings. The van der Waals surface area contributed by atoms with Gasteiger partial charge in [-0.05, 0) is 53.9 Å². The summed E-state index contributed by atoms with van der Waals surface area (Å²) >= 11 is 5.90. The SMILES string of the molecule is CCC(Oc1ccc(C(C)(C)CC)cc1C(C)(C)CC)C(=O)Nc1cc(Cl)cc(NC(=O)C(F)(F)C(F)(F)C(F)(F)F)c1O. The Labute approximate surface area is 256 Å².